The van der Waals surface area contributed by atoms with Gasteiger partial charge in [-0.05, 0) is 52.6 Å². The van der Waals surface area contributed by atoms with Crippen LogP contribution in [0, 0.1) is 0 Å². The third-order valence-corrected chi connectivity index (χ3v) is 8.23. The molecule has 8 rings (SSSR count). The molecule has 0 saturated heterocycles. The van der Waals surface area contributed by atoms with E-state index in [-0.39, 0.29) is 0 Å². The largest absolute Gasteiger partial charge is 0.299 e. The molecule has 0 bridgehead atoms. The molecule has 0 atom stereocenters. The second kappa shape index (κ2) is 11.6. The van der Waals surface area contributed by atoms with Gasteiger partial charge in [0.05, 0.1) is 22.8 Å². The first kappa shape index (κ1) is 26.6. The summed E-state index contributed by atoms with van der Waals surface area (Å²) in [6, 6.07) is 59.3. The average molecular weight is 576 g/mol. The van der Waals surface area contributed by atoms with Crippen LogP contribution in [0.25, 0.3) is 72.9 Å². The van der Waals surface area contributed by atoms with Crippen molar-refractivity contribution >= 4 is 5.65 Å². The van der Waals surface area contributed by atoms with Gasteiger partial charge in [-0.3, -0.25) is 4.40 Å². The van der Waals surface area contributed by atoms with E-state index in [0.29, 0.717) is 0 Å². The van der Waals surface area contributed by atoms with Crippen LogP contribution in [0.15, 0.2) is 176 Å². The molecule has 3 heterocycles. The Morgan fingerprint density at radius 3 is 1.47 bits per heavy atom. The highest BCUT2D eigenvalue weighted by molar-refractivity contribution is 5.84. The molecule has 212 valence electrons. The predicted octanol–water partition coefficient (Wildman–Crippen LogP) is 10.7. The maximum atomic E-state index is 5.06. The van der Waals surface area contributed by atoms with Gasteiger partial charge >= 0.3 is 0 Å². The van der Waals surface area contributed by atoms with Gasteiger partial charge in [0, 0.05) is 28.5 Å². The predicted molar refractivity (Wildman–Crippen MR) is 186 cm³/mol. The second-order valence-electron chi connectivity index (χ2n) is 11.1. The molecule has 0 N–H and O–H groups in total. The molecule has 0 aliphatic rings. The standard InChI is InChI=1S/C42H29N3/c1-4-13-31(14-5-1)38-28-37(29-39(43-38)32-15-6-2-7-16-32)36-20-12-19-35(27-36)30-22-24-33(25-23-30)41-42(34-17-8-3-9-18-34)45-26-11-10-21-40(45)44-41/h1-29H. The molecule has 8 aromatic rings. The first-order valence-corrected chi connectivity index (χ1v) is 15.2. The third kappa shape index (κ3) is 5.21. The number of nitrogens with zero attached hydrogens (tertiary/aromatic N) is 3. The zero-order valence-electron chi connectivity index (χ0n) is 24.6. The minimum Gasteiger partial charge on any atom is -0.299 e. The first-order valence-electron chi connectivity index (χ1n) is 15.2. The van der Waals surface area contributed by atoms with Gasteiger partial charge in [0.25, 0.3) is 0 Å². The first-order chi connectivity index (χ1) is 22.3. The van der Waals surface area contributed by atoms with E-state index in [2.05, 4.69) is 156 Å². The summed E-state index contributed by atoms with van der Waals surface area (Å²) in [4.78, 5) is 10.1. The number of rotatable bonds is 6. The lowest BCUT2D eigenvalue weighted by molar-refractivity contribution is 1.19. The number of pyridine rings is 2. The number of benzene rings is 5. The van der Waals surface area contributed by atoms with Crippen molar-refractivity contribution in [1.82, 2.24) is 14.4 Å². The summed E-state index contributed by atoms with van der Waals surface area (Å²) in [5.74, 6) is 0. The van der Waals surface area contributed by atoms with Crippen molar-refractivity contribution in [2.24, 2.45) is 0 Å². The Morgan fingerprint density at radius 1 is 0.333 bits per heavy atom. The van der Waals surface area contributed by atoms with Crippen molar-refractivity contribution in [3.63, 3.8) is 0 Å². The normalized spacial score (nSPS) is 11.1. The lowest BCUT2D eigenvalue weighted by atomic mass is 9.96. The molecule has 3 nitrogen and oxygen atoms in total. The van der Waals surface area contributed by atoms with Crippen molar-refractivity contribution in [1.29, 1.82) is 0 Å². The summed E-state index contributed by atoms with van der Waals surface area (Å²) in [5, 5.41) is 0. The molecule has 0 unspecified atom stereocenters. The Labute approximate surface area is 262 Å². The molecule has 45 heavy (non-hydrogen) atoms. The van der Waals surface area contributed by atoms with E-state index < -0.39 is 0 Å². The van der Waals surface area contributed by atoms with E-state index >= 15 is 0 Å². The van der Waals surface area contributed by atoms with Crippen LogP contribution in [-0.2, 0) is 0 Å². The zero-order valence-corrected chi connectivity index (χ0v) is 24.6. The van der Waals surface area contributed by atoms with E-state index in [9.17, 15) is 0 Å². The number of hydrogen-bond donors (Lipinski definition) is 0. The number of aromatic nitrogens is 3. The SMILES string of the molecule is c1ccc(-c2cc(-c3cccc(-c4ccc(-c5nc6ccccn6c5-c5ccccc5)cc4)c3)cc(-c3ccccc3)n2)cc1. The van der Waals surface area contributed by atoms with Crippen molar-refractivity contribution in [2.75, 3.05) is 0 Å². The fraction of sp³-hybridized carbons (Fsp3) is 0. The van der Waals surface area contributed by atoms with E-state index in [4.69, 9.17) is 9.97 Å². The molecule has 0 aliphatic heterocycles. The van der Waals surface area contributed by atoms with Gasteiger partial charge in [-0.1, -0.05) is 140 Å². The second-order valence-corrected chi connectivity index (χ2v) is 11.1. The quantitative estimate of drug-likeness (QED) is 0.197. The van der Waals surface area contributed by atoms with Gasteiger partial charge in [0.2, 0.25) is 0 Å². The highest BCUT2D eigenvalue weighted by Crippen LogP contribution is 2.35. The van der Waals surface area contributed by atoms with Crippen molar-refractivity contribution in [3.05, 3.63) is 176 Å². The lowest BCUT2D eigenvalue weighted by Crippen LogP contribution is -1.91. The topological polar surface area (TPSA) is 30.2 Å². The molecular weight excluding hydrogens is 546 g/mol. The van der Waals surface area contributed by atoms with Gasteiger partial charge in [-0.25, -0.2) is 9.97 Å². The summed E-state index contributed by atoms with van der Waals surface area (Å²) in [5.41, 5.74) is 14.0. The van der Waals surface area contributed by atoms with Crippen LogP contribution in [0.3, 0.4) is 0 Å². The molecule has 0 radical (unpaired) electrons. The Kier molecular flexibility index (Phi) is 6.82. The van der Waals surface area contributed by atoms with Crippen LogP contribution in [0.4, 0.5) is 0 Å². The van der Waals surface area contributed by atoms with Crippen LogP contribution in [0.2, 0.25) is 0 Å². The molecule has 0 saturated carbocycles. The summed E-state index contributed by atoms with van der Waals surface area (Å²) in [7, 11) is 0. The fourth-order valence-corrected chi connectivity index (χ4v) is 5.98. The molecular formula is C42H29N3. The average Bonchev–Trinajstić information content (AvgIpc) is 3.52. The third-order valence-electron chi connectivity index (χ3n) is 8.23. The maximum absolute atomic E-state index is 5.06. The smallest absolute Gasteiger partial charge is 0.137 e. The van der Waals surface area contributed by atoms with Gasteiger partial charge in [0.15, 0.2) is 0 Å². The van der Waals surface area contributed by atoms with Gasteiger partial charge in [-0.2, -0.15) is 0 Å². The monoisotopic (exact) mass is 575 g/mol. The van der Waals surface area contributed by atoms with Gasteiger partial charge in [-0.15, -0.1) is 0 Å². The fourth-order valence-electron chi connectivity index (χ4n) is 5.98. The molecule has 0 fully saturated rings. The molecule has 3 aromatic heterocycles. The van der Waals surface area contributed by atoms with E-state index in [0.717, 1.165) is 72.9 Å². The van der Waals surface area contributed by atoms with Gasteiger partial charge in [0.1, 0.15) is 5.65 Å². The van der Waals surface area contributed by atoms with E-state index in [1.54, 1.807) is 0 Å². The van der Waals surface area contributed by atoms with E-state index in [1.165, 1.54) is 0 Å². The van der Waals surface area contributed by atoms with Crippen molar-refractivity contribution < 1.29 is 0 Å². The minimum absolute atomic E-state index is 0.935. The Hall–Kier alpha value is -6.06. The number of imidazole rings is 1. The number of fused-ring (bicyclic) bond motifs is 1. The maximum Gasteiger partial charge on any atom is 0.137 e. The summed E-state index contributed by atoms with van der Waals surface area (Å²) < 4.78 is 2.17. The molecule has 3 heteroatoms. The number of hydrogen-bond acceptors (Lipinski definition) is 2. The molecule has 0 aliphatic carbocycles. The Balaban J connectivity index is 1.18. The van der Waals surface area contributed by atoms with Crippen LogP contribution < -0.4 is 0 Å². The zero-order chi connectivity index (χ0) is 30.0. The van der Waals surface area contributed by atoms with Crippen LogP contribution >= 0.6 is 0 Å². The van der Waals surface area contributed by atoms with Crippen LogP contribution in [0.5, 0.6) is 0 Å². The lowest BCUT2D eigenvalue weighted by Gasteiger charge is -2.12. The Morgan fingerprint density at radius 2 is 0.844 bits per heavy atom. The summed E-state index contributed by atoms with van der Waals surface area (Å²) in [6.07, 6.45) is 2.08. The molecule has 5 aromatic carbocycles. The summed E-state index contributed by atoms with van der Waals surface area (Å²) in [6.45, 7) is 0. The minimum atomic E-state index is 0.935. The summed E-state index contributed by atoms with van der Waals surface area (Å²) >= 11 is 0. The van der Waals surface area contributed by atoms with Crippen molar-refractivity contribution in [2.45, 2.75) is 0 Å². The van der Waals surface area contributed by atoms with Gasteiger partial charge < -0.3 is 0 Å². The van der Waals surface area contributed by atoms with Crippen molar-refractivity contribution in [3.8, 4) is 67.3 Å². The highest BCUT2D eigenvalue weighted by atomic mass is 15.0. The Bertz CT molecular complexity index is 2180. The highest BCUT2D eigenvalue weighted by Gasteiger charge is 2.16. The molecule has 0 spiro atoms. The van der Waals surface area contributed by atoms with Crippen LogP contribution in [-0.4, -0.2) is 14.4 Å². The molecule has 0 amide bonds. The van der Waals surface area contributed by atoms with E-state index in [1.807, 2.05) is 24.3 Å². The van der Waals surface area contributed by atoms with Crippen LogP contribution in [0.1, 0.15) is 0 Å².